The zero-order valence-electron chi connectivity index (χ0n) is 24.9. The summed E-state index contributed by atoms with van der Waals surface area (Å²) in [6.45, 7) is 8.74. The van der Waals surface area contributed by atoms with E-state index in [1.165, 1.54) is 30.5 Å². The minimum Gasteiger partial charge on any atom is -0.478 e. The average Bonchev–Trinajstić information content (AvgIpc) is 3.26. The lowest BCUT2D eigenvalue weighted by Crippen LogP contribution is -2.41. The number of carbonyl (C=O) groups excluding carboxylic acids is 2. The van der Waals surface area contributed by atoms with Crippen LogP contribution in [-0.4, -0.2) is 54.5 Å². The van der Waals surface area contributed by atoms with Crippen molar-refractivity contribution in [2.75, 3.05) is 0 Å². The lowest BCUT2D eigenvalue weighted by atomic mass is 9.89. The second-order valence-corrected chi connectivity index (χ2v) is 11.0. The highest BCUT2D eigenvalue weighted by Gasteiger charge is 2.43. The van der Waals surface area contributed by atoms with Gasteiger partial charge in [-0.25, -0.2) is 23.9 Å². The zero-order valence-corrected chi connectivity index (χ0v) is 25.6. The number of halogens is 4. The van der Waals surface area contributed by atoms with E-state index in [0.717, 1.165) is 13.1 Å². The number of alkyl halides is 3. The Hall–Kier alpha value is -4.79. The summed E-state index contributed by atoms with van der Waals surface area (Å²) >= 11 is 5.94. The summed E-state index contributed by atoms with van der Waals surface area (Å²) in [6.07, 6.45) is -3.83. The van der Waals surface area contributed by atoms with Gasteiger partial charge in [-0.3, -0.25) is 19.1 Å². The number of aromatic nitrogens is 3. The minimum absolute atomic E-state index is 0.00184. The number of amides is 1. The summed E-state index contributed by atoms with van der Waals surface area (Å²) < 4.78 is 44.5. The number of nitrogens with one attached hydrogen (secondary N) is 1. The number of aliphatic imine (C=N–C) groups is 1. The summed E-state index contributed by atoms with van der Waals surface area (Å²) in [5, 5.41) is 11.8. The molecule has 0 saturated heterocycles. The van der Waals surface area contributed by atoms with Crippen LogP contribution in [0.25, 0.3) is 5.69 Å². The van der Waals surface area contributed by atoms with E-state index in [0.29, 0.717) is 15.2 Å². The first-order valence-electron chi connectivity index (χ1n) is 13.3. The zero-order chi connectivity index (χ0) is 34.0. The Bertz CT molecular complexity index is 1810. The third-order valence-electron chi connectivity index (χ3n) is 6.80. The number of rotatable bonds is 6. The van der Waals surface area contributed by atoms with Crippen molar-refractivity contribution in [3.8, 4) is 5.69 Å². The molecule has 4 rings (SSSR count). The number of carboxylic acid groups (broad SMARTS) is 1. The maximum atomic E-state index is 12.9. The summed E-state index contributed by atoms with van der Waals surface area (Å²) in [7, 11) is 0.894. The van der Waals surface area contributed by atoms with Crippen LogP contribution in [0.1, 0.15) is 66.7 Å². The van der Waals surface area contributed by atoms with Gasteiger partial charge in [0.1, 0.15) is 16.9 Å². The van der Waals surface area contributed by atoms with Crippen LogP contribution in [0.4, 0.5) is 13.2 Å². The molecular formula is C29H29ClF3N5O7. The summed E-state index contributed by atoms with van der Waals surface area (Å²) in [4.78, 5) is 67.9. The van der Waals surface area contributed by atoms with Gasteiger partial charge in [0.2, 0.25) is 0 Å². The smallest absolute Gasteiger partial charge is 0.431 e. The Kier molecular flexibility index (Phi) is 10.1. The van der Waals surface area contributed by atoms with Gasteiger partial charge in [-0.1, -0.05) is 25.4 Å². The second-order valence-electron chi connectivity index (χ2n) is 10.6. The number of nitrogens with zero attached hydrogens (tertiary/aromatic N) is 4. The lowest BCUT2D eigenvalue weighted by molar-refractivity contribution is -0.144. The van der Waals surface area contributed by atoms with Crippen LogP contribution < -0.4 is 16.6 Å². The first-order valence-corrected chi connectivity index (χ1v) is 13.7. The average molecular weight is 652 g/mol. The molecule has 0 spiro atoms. The minimum atomic E-state index is -4.86. The van der Waals surface area contributed by atoms with E-state index in [2.05, 4.69) is 15.3 Å². The molecule has 0 aliphatic carbocycles. The molecule has 1 aliphatic rings. The molecule has 240 valence electrons. The molecular weight excluding hydrogens is 623 g/mol. The van der Waals surface area contributed by atoms with Gasteiger partial charge in [-0.05, 0) is 57.0 Å². The molecule has 45 heavy (non-hydrogen) atoms. The Morgan fingerprint density at radius 3 is 2.24 bits per heavy atom. The Labute approximate surface area is 259 Å². The highest BCUT2D eigenvalue weighted by atomic mass is 35.5. The number of carbonyl (C=O) groups is 3. The molecule has 0 radical (unpaired) electrons. The Morgan fingerprint density at radius 1 is 1.07 bits per heavy atom. The number of pyridine rings is 1. The fourth-order valence-corrected chi connectivity index (χ4v) is 4.23. The van der Waals surface area contributed by atoms with Crippen LogP contribution in [0.5, 0.6) is 0 Å². The van der Waals surface area contributed by atoms with Crippen molar-refractivity contribution in [3.63, 3.8) is 0 Å². The van der Waals surface area contributed by atoms with Crippen molar-refractivity contribution in [3.05, 3.63) is 91.0 Å². The van der Waals surface area contributed by atoms with Crippen LogP contribution >= 0.6 is 11.6 Å². The monoisotopic (exact) mass is 651 g/mol. The number of hydrogen-bond donors (Lipinski definition) is 2. The number of amidine groups is 1. The number of esters is 1. The lowest BCUT2D eigenvalue weighted by Gasteiger charge is -2.21. The van der Waals surface area contributed by atoms with Gasteiger partial charge in [0.25, 0.3) is 11.5 Å². The highest BCUT2D eigenvalue weighted by molar-refractivity contribution is 6.33. The number of benzene rings is 1. The van der Waals surface area contributed by atoms with Crippen LogP contribution in [0.3, 0.4) is 0 Å². The molecule has 2 N–H and O–H groups in total. The van der Waals surface area contributed by atoms with E-state index in [9.17, 15) is 37.1 Å². The topological polar surface area (TPSA) is 162 Å². The third kappa shape index (κ3) is 7.30. The van der Waals surface area contributed by atoms with Gasteiger partial charge < -0.3 is 15.2 Å². The SMILES string of the molecule is CC(C)C1(C)N=C(c2ncccc2C(=O)O)NC1=O.CC(C)OC(=O)c1cc(-n2c(=O)cc(C(F)(F)F)n(C)c2=O)ccc1Cl. The number of carboxylic acids is 1. The molecule has 0 bridgehead atoms. The van der Waals surface area contributed by atoms with E-state index in [4.69, 9.17) is 21.4 Å². The normalized spacial score (nSPS) is 16.2. The van der Waals surface area contributed by atoms with E-state index >= 15 is 0 Å². The molecule has 12 nitrogen and oxygen atoms in total. The predicted molar refractivity (Wildman–Crippen MR) is 157 cm³/mol. The number of ether oxygens (including phenoxy) is 1. The Morgan fingerprint density at radius 2 is 1.71 bits per heavy atom. The van der Waals surface area contributed by atoms with E-state index in [-0.39, 0.29) is 45.2 Å². The molecule has 0 saturated carbocycles. The summed E-state index contributed by atoms with van der Waals surface area (Å²) in [5.41, 5.74) is -4.68. The molecule has 16 heteroatoms. The molecule has 3 heterocycles. The van der Waals surface area contributed by atoms with Crippen LogP contribution in [0.2, 0.25) is 5.02 Å². The van der Waals surface area contributed by atoms with E-state index in [1.807, 2.05) is 13.8 Å². The van der Waals surface area contributed by atoms with Gasteiger partial charge in [-0.2, -0.15) is 13.2 Å². The first kappa shape index (κ1) is 34.7. The third-order valence-corrected chi connectivity index (χ3v) is 7.13. The highest BCUT2D eigenvalue weighted by Crippen LogP contribution is 2.28. The molecule has 1 aromatic carbocycles. The van der Waals surface area contributed by atoms with Crippen LogP contribution in [0, 0.1) is 5.92 Å². The van der Waals surface area contributed by atoms with Gasteiger partial charge in [0.15, 0.2) is 5.84 Å². The largest absolute Gasteiger partial charge is 0.478 e. The van der Waals surface area contributed by atoms with E-state index < -0.39 is 46.7 Å². The fraction of sp³-hybridized carbons (Fsp3) is 0.345. The standard InChI is InChI=1S/C16H14ClF3N2O4.C13H15N3O3/c1-8(2)26-14(24)10-6-9(4-5-11(10)17)22-13(23)7-12(16(18,19)20)21(3)15(22)25;1-7(2)13(3)12(19)15-10(16-13)9-8(11(17)18)5-4-6-14-9/h4-8H,1-3H3;4-7H,1-3H3,(H,17,18)(H,15,16,19). The molecule has 1 unspecified atom stereocenters. The quantitative estimate of drug-likeness (QED) is 0.380. The molecule has 1 amide bonds. The fourth-order valence-electron chi connectivity index (χ4n) is 4.04. The number of aromatic carboxylic acids is 1. The molecule has 0 fully saturated rings. The van der Waals surface area contributed by atoms with Crippen molar-refractivity contribution < 1.29 is 37.4 Å². The molecule has 3 aromatic rings. The van der Waals surface area contributed by atoms with Crippen LogP contribution in [-0.2, 0) is 22.8 Å². The second kappa shape index (κ2) is 13.1. The van der Waals surface area contributed by atoms with Crippen LogP contribution in [0.15, 0.2) is 57.2 Å². The van der Waals surface area contributed by atoms with Crippen molar-refractivity contribution in [1.82, 2.24) is 19.4 Å². The predicted octanol–water partition coefficient (Wildman–Crippen LogP) is 3.84. The maximum absolute atomic E-state index is 12.9. The number of hydrogen-bond acceptors (Lipinski definition) is 8. The maximum Gasteiger partial charge on any atom is 0.431 e. The summed E-state index contributed by atoms with van der Waals surface area (Å²) in [5.74, 6) is -1.90. The Balaban J connectivity index is 0.000000257. The van der Waals surface area contributed by atoms with Gasteiger partial charge >= 0.3 is 23.8 Å². The molecule has 1 atom stereocenters. The first-order chi connectivity index (χ1) is 20.8. The van der Waals surface area contributed by atoms with Gasteiger partial charge in [0.05, 0.1) is 27.9 Å². The van der Waals surface area contributed by atoms with Crippen molar-refractivity contribution in [2.24, 2.45) is 18.0 Å². The molecule has 1 aliphatic heterocycles. The molecule has 2 aromatic heterocycles. The van der Waals surface area contributed by atoms with Gasteiger partial charge in [0, 0.05) is 19.3 Å². The van der Waals surface area contributed by atoms with Crippen molar-refractivity contribution >= 4 is 35.3 Å². The van der Waals surface area contributed by atoms with Crippen molar-refractivity contribution in [2.45, 2.75) is 52.4 Å². The van der Waals surface area contributed by atoms with Gasteiger partial charge in [-0.15, -0.1) is 0 Å². The summed E-state index contributed by atoms with van der Waals surface area (Å²) in [6, 6.07) is 6.88. The van der Waals surface area contributed by atoms with E-state index in [1.54, 1.807) is 20.8 Å². The van der Waals surface area contributed by atoms with Crippen molar-refractivity contribution in [1.29, 1.82) is 0 Å².